The average molecular weight is 226 g/mol. The number of piperidine rings is 1. The maximum Gasteiger partial charge on any atom is 0.148 e. The molecule has 1 saturated heterocycles. The van der Waals surface area contributed by atoms with Crippen LogP contribution in [0.4, 0.5) is 8.78 Å². The minimum atomic E-state index is -0.617. The lowest BCUT2D eigenvalue weighted by molar-refractivity contribution is 0.172. The highest BCUT2D eigenvalue weighted by Crippen LogP contribution is 2.18. The number of likely N-dealkylation sites (tertiary alicyclic amines) is 1. The zero-order valence-electron chi connectivity index (χ0n) is 9.42. The fourth-order valence-corrected chi connectivity index (χ4v) is 2.20. The van der Waals surface area contributed by atoms with Crippen molar-refractivity contribution in [2.75, 3.05) is 13.1 Å². The number of halogens is 2. The Kier molecular flexibility index (Phi) is 3.49. The molecule has 2 heterocycles. The molecular weight excluding hydrogens is 210 g/mol. The number of rotatable bonds is 2. The highest BCUT2D eigenvalue weighted by Gasteiger charge is 2.18. The Morgan fingerprint density at radius 2 is 2.31 bits per heavy atom. The molecule has 1 aliphatic heterocycles. The van der Waals surface area contributed by atoms with E-state index in [9.17, 15) is 8.78 Å². The Labute approximate surface area is 94.3 Å². The molecule has 88 valence electrons. The molecule has 0 bridgehead atoms. The molecule has 0 saturated carbocycles. The lowest BCUT2D eigenvalue weighted by atomic mass is 10.0. The molecule has 1 unspecified atom stereocenters. The van der Waals surface area contributed by atoms with Gasteiger partial charge >= 0.3 is 0 Å². The van der Waals surface area contributed by atoms with Crippen molar-refractivity contribution >= 4 is 0 Å². The van der Waals surface area contributed by atoms with Crippen LogP contribution in [0.15, 0.2) is 12.3 Å². The zero-order valence-corrected chi connectivity index (χ0v) is 9.42. The monoisotopic (exact) mass is 226 g/mol. The first-order chi connectivity index (χ1) is 7.65. The lowest BCUT2D eigenvalue weighted by Gasteiger charge is -2.30. The van der Waals surface area contributed by atoms with E-state index in [0.717, 1.165) is 31.8 Å². The molecule has 0 aliphatic carbocycles. The molecule has 1 aromatic rings. The van der Waals surface area contributed by atoms with Gasteiger partial charge in [0.1, 0.15) is 11.6 Å². The molecule has 2 rings (SSSR count). The SMILES string of the molecule is CC1CCCN(Cc2ncc(F)cc2F)C1. The highest BCUT2D eigenvalue weighted by molar-refractivity contribution is 5.08. The van der Waals surface area contributed by atoms with Gasteiger partial charge in [-0.25, -0.2) is 8.78 Å². The van der Waals surface area contributed by atoms with E-state index < -0.39 is 11.6 Å². The van der Waals surface area contributed by atoms with E-state index in [1.807, 2.05) is 0 Å². The van der Waals surface area contributed by atoms with Crippen LogP contribution in [0.3, 0.4) is 0 Å². The van der Waals surface area contributed by atoms with Gasteiger partial charge in [-0.2, -0.15) is 0 Å². The van der Waals surface area contributed by atoms with Crippen LogP contribution in [-0.2, 0) is 6.54 Å². The second kappa shape index (κ2) is 4.87. The summed E-state index contributed by atoms with van der Waals surface area (Å²) in [5, 5.41) is 0. The lowest BCUT2D eigenvalue weighted by Crippen LogP contribution is -2.34. The number of aromatic nitrogens is 1. The summed E-state index contributed by atoms with van der Waals surface area (Å²) in [7, 11) is 0. The van der Waals surface area contributed by atoms with Crippen LogP contribution in [-0.4, -0.2) is 23.0 Å². The summed E-state index contributed by atoms with van der Waals surface area (Å²) in [6.07, 6.45) is 3.45. The molecule has 0 amide bonds. The van der Waals surface area contributed by atoms with E-state index in [4.69, 9.17) is 0 Å². The molecule has 1 aliphatic rings. The Balaban J connectivity index is 2.02. The molecule has 0 N–H and O–H groups in total. The normalized spacial score (nSPS) is 22.3. The smallest absolute Gasteiger partial charge is 0.148 e. The zero-order chi connectivity index (χ0) is 11.5. The predicted octanol–water partition coefficient (Wildman–Crippen LogP) is 2.59. The standard InChI is InChI=1S/C12H16F2N2/c1-9-3-2-4-16(7-9)8-12-11(14)5-10(13)6-15-12/h5-6,9H,2-4,7-8H2,1H3. The van der Waals surface area contributed by atoms with Gasteiger partial charge < -0.3 is 0 Å². The van der Waals surface area contributed by atoms with E-state index >= 15 is 0 Å². The fourth-order valence-electron chi connectivity index (χ4n) is 2.20. The first-order valence-corrected chi connectivity index (χ1v) is 5.67. The van der Waals surface area contributed by atoms with Gasteiger partial charge in [-0.1, -0.05) is 6.92 Å². The molecule has 0 aromatic carbocycles. The predicted molar refractivity (Wildman–Crippen MR) is 57.8 cm³/mol. The molecular formula is C12H16F2N2. The van der Waals surface area contributed by atoms with Crippen molar-refractivity contribution in [3.05, 3.63) is 29.6 Å². The van der Waals surface area contributed by atoms with Gasteiger partial charge in [-0.15, -0.1) is 0 Å². The molecule has 1 aromatic heterocycles. The first kappa shape index (κ1) is 11.5. The van der Waals surface area contributed by atoms with Crippen molar-refractivity contribution < 1.29 is 8.78 Å². The van der Waals surface area contributed by atoms with Gasteiger partial charge in [0, 0.05) is 19.2 Å². The van der Waals surface area contributed by atoms with Gasteiger partial charge in [-0.05, 0) is 25.3 Å². The van der Waals surface area contributed by atoms with Crippen LogP contribution in [0, 0.1) is 17.6 Å². The molecule has 1 fully saturated rings. The molecule has 16 heavy (non-hydrogen) atoms. The van der Waals surface area contributed by atoms with Crippen molar-refractivity contribution in [3.63, 3.8) is 0 Å². The Hall–Kier alpha value is -1.03. The Bertz CT molecular complexity index is 368. The number of hydrogen-bond acceptors (Lipinski definition) is 2. The minimum absolute atomic E-state index is 0.343. The van der Waals surface area contributed by atoms with Crippen molar-refractivity contribution in [2.45, 2.75) is 26.3 Å². The van der Waals surface area contributed by atoms with Crippen LogP contribution in [0.25, 0.3) is 0 Å². The summed E-state index contributed by atoms with van der Waals surface area (Å²) < 4.78 is 26.0. The van der Waals surface area contributed by atoms with E-state index in [1.165, 1.54) is 6.42 Å². The first-order valence-electron chi connectivity index (χ1n) is 5.67. The van der Waals surface area contributed by atoms with E-state index in [2.05, 4.69) is 16.8 Å². The molecule has 1 atom stereocenters. The Morgan fingerprint density at radius 1 is 1.50 bits per heavy atom. The number of pyridine rings is 1. The van der Waals surface area contributed by atoms with Gasteiger partial charge in [0.05, 0.1) is 11.9 Å². The maximum atomic E-state index is 13.4. The van der Waals surface area contributed by atoms with Gasteiger partial charge in [0.15, 0.2) is 0 Å². The highest BCUT2D eigenvalue weighted by atomic mass is 19.1. The van der Waals surface area contributed by atoms with Crippen molar-refractivity contribution in [1.82, 2.24) is 9.88 Å². The number of hydrogen-bond donors (Lipinski definition) is 0. The van der Waals surface area contributed by atoms with Crippen LogP contribution in [0.5, 0.6) is 0 Å². The molecule has 0 radical (unpaired) electrons. The third-order valence-electron chi connectivity index (χ3n) is 3.00. The second-order valence-electron chi connectivity index (χ2n) is 4.56. The van der Waals surface area contributed by atoms with Crippen LogP contribution >= 0.6 is 0 Å². The topological polar surface area (TPSA) is 16.1 Å². The third-order valence-corrected chi connectivity index (χ3v) is 3.00. The van der Waals surface area contributed by atoms with E-state index in [-0.39, 0.29) is 0 Å². The molecule has 4 heteroatoms. The van der Waals surface area contributed by atoms with E-state index in [0.29, 0.717) is 18.2 Å². The molecule has 2 nitrogen and oxygen atoms in total. The van der Waals surface area contributed by atoms with Crippen molar-refractivity contribution in [1.29, 1.82) is 0 Å². The largest absolute Gasteiger partial charge is 0.297 e. The second-order valence-corrected chi connectivity index (χ2v) is 4.56. The van der Waals surface area contributed by atoms with Crippen LogP contribution in [0.2, 0.25) is 0 Å². The summed E-state index contributed by atoms with van der Waals surface area (Å²) in [5.74, 6) is -0.510. The Morgan fingerprint density at radius 3 is 3.00 bits per heavy atom. The summed E-state index contributed by atoms with van der Waals surface area (Å²) in [6, 6.07) is 0.899. The summed E-state index contributed by atoms with van der Waals surface area (Å²) in [5.41, 5.74) is 0.343. The number of nitrogens with zero attached hydrogens (tertiary/aromatic N) is 2. The van der Waals surface area contributed by atoms with Gasteiger partial charge in [0.25, 0.3) is 0 Å². The molecule has 0 spiro atoms. The summed E-state index contributed by atoms with van der Waals surface area (Å²) in [6.45, 7) is 4.62. The fraction of sp³-hybridized carbons (Fsp3) is 0.583. The summed E-state index contributed by atoms with van der Waals surface area (Å²) >= 11 is 0. The maximum absolute atomic E-state index is 13.4. The van der Waals surface area contributed by atoms with Crippen LogP contribution in [0.1, 0.15) is 25.5 Å². The van der Waals surface area contributed by atoms with Crippen LogP contribution < -0.4 is 0 Å². The average Bonchev–Trinajstić information content (AvgIpc) is 2.22. The quantitative estimate of drug-likeness (QED) is 0.770. The summed E-state index contributed by atoms with van der Waals surface area (Å²) in [4.78, 5) is 5.98. The van der Waals surface area contributed by atoms with E-state index in [1.54, 1.807) is 0 Å². The third kappa shape index (κ3) is 2.76. The van der Waals surface area contributed by atoms with Gasteiger partial charge in [-0.3, -0.25) is 9.88 Å². The van der Waals surface area contributed by atoms with Crippen molar-refractivity contribution in [2.24, 2.45) is 5.92 Å². The van der Waals surface area contributed by atoms with Gasteiger partial charge in [0.2, 0.25) is 0 Å². The minimum Gasteiger partial charge on any atom is -0.297 e. The van der Waals surface area contributed by atoms with Crippen molar-refractivity contribution in [3.8, 4) is 0 Å².